The standard InChI is InChI=1S/C36H36N4O6/c1-5-33(41)37-32-20-24(9-14-30(32)36(44)40-15-17-46-18-16-40)19-26-21-27(22-39(3)35(26)43)29-7-6-8-31(23(29)2)38-34(42)25-10-12-28(45-4)13-11-25/h5-14,20-22H,1,15-19H2,2-4H3,(H,37,41)(H,38,42). The second-order valence-corrected chi connectivity index (χ2v) is 11.0. The van der Waals surface area contributed by atoms with Crippen LogP contribution in [0.15, 0.2) is 90.4 Å². The number of hydrogen-bond acceptors (Lipinski definition) is 6. The number of pyridine rings is 1. The Kier molecular flexibility index (Phi) is 9.78. The van der Waals surface area contributed by atoms with Gasteiger partial charge >= 0.3 is 0 Å². The Balaban J connectivity index is 1.44. The molecule has 3 amide bonds. The summed E-state index contributed by atoms with van der Waals surface area (Å²) >= 11 is 0. The second kappa shape index (κ2) is 14.1. The van der Waals surface area contributed by atoms with Crippen molar-refractivity contribution in [2.24, 2.45) is 7.05 Å². The summed E-state index contributed by atoms with van der Waals surface area (Å²) in [5.41, 5.74) is 5.45. The molecule has 10 heteroatoms. The first kappa shape index (κ1) is 31.9. The third kappa shape index (κ3) is 7.08. The van der Waals surface area contributed by atoms with E-state index in [9.17, 15) is 19.2 Å². The molecule has 0 atom stereocenters. The number of nitrogens with one attached hydrogen (secondary N) is 2. The number of carbonyl (C=O) groups excluding carboxylic acids is 3. The minimum absolute atomic E-state index is 0.171. The van der Waals surface area contributed by atoms with Crippen LogP contribution in [0.1, 0.15) is 37.4 Å². The first-order valence-electron chi connectivity index (χ1n) is 14.9. The molecule has 236 valence electrons. The number of aryl methyl sites for hydroxylation is 1. The number of aromatic nitrogens is 1. The Morgan fingerprint density at radius 3 is 2.41 bits per heavy atom. The van der Waals surface area contributed by atoms with Crippen LogP contribution in [0.5, 0.6) is 5.75 Å². The molecule has 3 aromatic carbocycles. The van der Waals surface area contributed by atoms with Crippen molar-refractivity contribution in [3.63, 3.8) is 0 Å². The molecule has 1 aliphatic rings. The predicted molar refractivity (Wildman–Crippen MR) is 178 cm³/mol. The highest BCUT2D eigenvalue weighted by Gasteiger charge is 2.22. The van der Waals surface area contributed by atoms with E-state index in [4.69, 9.17) is 9.47 Å². The molecule has 5 rings (SSSR count). The Morgan fingerprint density at radius 2 is 1.72 bits per heavy atom. The van der Waals surface area contributed by atoms with Crippen LogP contribution in [0.25, 0.3) is 11.1 Å². The average Bonchev–Trinajstić information content (AvgIpc) is 3.07. The Labute approximate surface area is 267 Å². The molecule has 0 bridgehead atoms. The van der Waals surface area contributed by atoms with E-state index < -0.39 is 5.91 Å². The fraction of sp³-hybridized carbons (Fsp3) is 0.222. The molecule has 46 heavy (non-hydrogen) atoms. The Morgan fingerprint density at radius 1 is 0.978 bits per heavy atom. The van der Waals surface area contributed by atoms with Gasteiger partial charge in [-0.15, -0.1) is 0 Å². The summed E-state index contributed by atoms with van der Waals surface area (Å²) in [4.78, 5) is 53.5. The molecule has 1 aliphatic heterocycles. The van der Waals surface area contributed by atoms with Crippen molar-refractivity contribution in [1.82, 2.24) is 9.47 Å². The highest BCUT2D eigenvalue weighted by atomic mass is 16.5. The van der Waals surface area contributed by atoms with Crippen molar-refractivity contribution in [2.75, 3.05) is 44.0 Å². The molecule has 2 N–H and O–H groups in total. The molecule has 2 heterocycles. The third-order valence-electron chi connectivity index (χ3n) is 7.95. The number of anilines is 2. The van der Waals surface area contributed by atoms with Gasteiger partial charge in [-0.3, -0.25) is 19.2 Å². The predicted octanol–water partition coefficient (Wildman–Crippen LogP) is 4.81. The van der Waals surface area contributed by atoms with Crippen LogP contribution in [0.2, 0.25) is 0 Å². The summed E-state index contributed by atoms with van der Waals surface area (Å²) in [6, 6.07) is 19.5. The summed E-state index contributed by atoms with van der Waals surface area (Å²) in [5.74, 6) is -0.239. The summed E-state index contributed by atoms with van der Waals surface area (Å²) in [6.45, 7) is 7.28. The van der Waals surface area contributed by atoms with Gasteiger partial charge in [0.25, 0.3) is 17.4 Å². The van der Waals surface area contributed by atoms with E-state index in [0.29, 0.717) is 60.1 Å². The summed E-state index contributed by atoms with van der Waals surface area (Å²) in [6.07, 6.45) is 3.17. The quantitative estimate of drug-likeness (QED) is 0.259. The van der Waals surface area contributed by atoms with Gasteiger partial charge in [0.1, 0.15) is 5.75 Å². The maximum absolute atomic E-state index is 13.3. The Bertz CT molecular complexity index is 1860. The third-order valence-corrected chi connectivity index (χ3v) is 7.95. The van der Waals surface area contributed by atoms with Crippen LogP contribution in [-0.4, -0.2) is 60.6 Å². The number of hydrogen-bond donors (Lipinski definition) is 2. The number of benzene rings is 3. The largest absolute Gasteiger partial charge is 0.497 e. The lowest BCUT2D eigenvalue weighted by atomic mass is 9.96. The zero-order chi connectivity index (χ0) is 32.8. The molecule has 0 spiro atoms. The van der Waals surface area contributed by atoms with E-state index in [1.54, 1.807) is 67.7 Å². The van der Waals surface area contributed by atoms with Gasteiger partial charge in [-0.2, -0.15) is 0 Å². The molecule has 1 fully saturated rings. The number of nitrogens with zero attached hydrogens (tertiary/aromatic N) is 2. The molecule has 10 nitrogen and oxygen atoms in total. The molecular weight excluding hydrogens is 584 g/mol. The van der Waals surface area contributed by atoms with Crippen molar-refractivity contribution < 1.29 is 23.9 Å². The van der Waals surface area contributed by atoms with Crippen LogP contribution in [0, 0.1) is 6.92 Å². The van der Waals surface area contributed by atoms with Gasteiger partial charge in [0.15, 0.2) is 0 Å². The van der Waals surface area contributed by atoms with Crippen LogP contribution >= 0.6 is 0 Å². The Hall–Kier alpha value is -5.48. The molecular formula is C36H36N4O6. The van der Waals surface area contributed by atoms with Crippen molar-refractivity contribution >= 4 is 29.1 Å². The molecule has 1 saturated heterocycles. The van der Waals surface area contributed by atoms with Crippen LogP contribution in [0.3, 0.4) is 0 Å². The monoisotopic (exact) mass is 620 g/mol. The summed E-state index contributed by atoms with van der Waals surface area (Å²) < 4.78 is 12.1. The fourth-order valence-electron chi connectivity index (χ4n) is 5.41. The van der Waals surface area contributed by atoms with Crippen molar-refractivity contribution in [2.45, 2.75) is 13.3 Å². The lowest BCUT2D eigenvalue weighted by molar-refractivity contribution is -0.111. The summed E-state index contributed by atoms with van der Waals surface area (Å²) in [5, 5.41) is 5.75. The van der Waals surface area contributed by atoms with Crippen LogP contribution in [0.4, 0.5) is 11.4 Å². The van der Waals surface area contributed by atoms with Crippen molar-refractivity contribution in [3.8, 4) is 16.9 Å². The lowest BCUT2D eigenvalue weighted by Gasteiger charge is -2.27. The first-order chi connectivity index (χ1) is 22.2. The van der Waals surface area contributed by atoms with E-state index in [2.05, 4.69) is 17.2 Å². The minimum Gasteiger partial charge on any atom is -0.497 e. The van der Waals surface area contributed by atoms with Gasteiger partial charge in [-0.1, -0.05) is 24.8 Å². The van der Waals surface area contributed by atoms with E-state index in [1.807, 2.05) is 31.2 Å². The molecule has 0 aliphatic carbocycles. The van der Waals surface area contributed by atoms with Gasteiger partial charge < -0.3 is 29.6 Å². The highest BCUT2D eigenvalue weighted by molar-refractivity contribution is 6.07. The normalized spacial score (nSPS) is 12.7. The smallest absolute Gasteiger partial charge is 0.256 e. The van der Waals surface area contributed by atoms with E-state index in [-0.39, 0.29) is 23.8 Å². The molecule has 0 radical (unpaired) electrons. The summed E-state index contributed by atoms with van der Waals surface area (Å²) in [7, 11) is 3.26. The highest BCUT2D eigenvalue weighted by Crippen LogP contribution is 2.30. The number of rotatable bonds is 9. The maximum Gasteiger partial charge on any atom is 0.256 e. The number of amides is 3. The van der Waals surface area contributed by atoms with Gasteiger partial charge in [-0.25, -0.2) is 0 Å². The first-order valence-corrected chi connectivity index (χ1v) is 14.9. The van der Waals surface area contributed by atoms with Crippen molar-refractivity contribution in [3.05, 3.63) is 124 Å². The number of methoxy groups -OCH3 is 1. The van der Waals surface area contributed by atoms with E-state index >= 15 is 0 Å². The average molecular weight is 621 g/mol. The number of carbonyl (C=O) groups is 3. The van der Waals surface area contributed by atoms with Crippen molar-refractivity contribution in [1.29, 1.82) is 0 Å². The SMILES string of the molecule is C=CC(=O)Nc1cc(Cc2cc(-c3cccc(NC(=O)c4ccc(OC)cc4)c3C)cn(C)c2=O)ccc1C(=O)N1CCOCC1. The van der Waals surface area contributed by atoms with Gasteiger partial charge in [-0.05, 0) is 83.8 Å². The zero-order valence-corrected chi connectivity index (χ0v) is 26.1. The van der Waals surface area contributed by atoms with E-state index in [0.717, 1.165) is 28.3 Å². The lowest BCUT2D eigenvalue weighted by Crippen LogP contribution is -2.41. The molecule has 1 aromatic heterocycles. The minimum atomic E-state index is -0.444. The topological polar surface area (TPSA) is 119 Å². The maximum atomic E-state index is 13.3. The molecule has 0 unspecified atom stereocenters. The zero-order valence-electron chi connectivity index (χ0n) is 26.1. The van der Waals surface area contributed by atoms with Crippen LogP contribution in [-0.2, 0) is 23.0 Å². The van der Waals surface area contributed by atoms with Crippen LogP contribution < -0.4 is 20.9 Å². The molecule has 4 aromatic rings. The van der Waals surface area contributed by atoms with Gasteiger partial charge in [0, 0.05) is 49.6 Å². The molecule has 0 saturated carbocycles. The van der Waals surface area contributed by atoms with Gasteiger partial charge in [0.05, 0.1) is 31.6 Å². The fourth-order valence-corrected chi connectivity index (χ4v) is 5.41. The van der Waals surface area contributed by atoms with E-state index in [1.165, 1.54) is 4.57 Å². The number of morpholine rings is 1. The van der Waals surface area contributed by atoms with Gasteiger partial charge in [0.2, 0.25) is 5.91 Å². The second-order valence-electron chi connectivity index (χ2n) is 11.0. The number of ether oxygens (including phenoxy) is 2.